The van der Waals surface area contributed by atoms with E-state index >= 15 is 0 Å². The van der Waals surface area contributed by atoms with Crippen LogP contribution in [0.2, 0.25) is 5.02 Å². The third-order valence-electron chi connectivity index (χ3n) is 3.57. The zero-order chi connectivity index (χ0) is 13.2. The molecule has 5 heteroatoms. The molecule has 0 saturated carbocycles. The van der Waals surface area contributed by atoms with Crippen LogP contribution in [0.3, 0.4) is 0 Å². The van der Waals surface area contributed by atoms with E-state index in [0.29, 0.717) is 0 Å². The maximum absolute atomic E-state index is 6.52. The molecular weight excluding hydrogens is 260 g/mol. The van der Waals surface area contributed by atoms with Gasteiger partial charge in [0, 0.05) is 25.8 Å². The van der Waals surface area contributed by atoms with Crippen molar-refractivity contribution in [3.8, 4) is 11.4 Å². The van der Waals surface area contributed by atoms with E-state index in [1.165, 1.54) is 0 Å². The summed E-state index contributed by atoms with van der Waals surface area (Å²) in [5.74, 6) is 0. The molecule has 2 aromatic rings. The van der Waals surface area contributed by atoms with Crippen molar-refractivity contribution in [1.82, 2.24) is 19.7 Å². The molecule has 0 atom stereocenters. The summed E-state index contributed by atoms with van der Waals surface area (Å²) in [4.78, 5) is 6.74. The van der Waals surface area contributed by atoms with E-state index in [9.17, 15) is 0 Å². The van der Waals surface area contributed by atoms with Crippen molar-refractivity contribution in [2.75, 3.05) is 13.1 Å². The zero-order valence-electron chi connectivity index (χ0n) is 11.0. The molecule has 0 amide bonds. The molecule has 0 radical (unpaired) electrons. The summed E-state index contributed by atoms with van der Waals surface area (Å²) in [7, 11) is 0. The normalized spacial score (nSPS) is 16.1. The Kier molecular flexibility index (Phi) is 3.53. The van der Waals surface area contributed by atoms with Crippen LogP contribution in [-0.2, 0) is 13.1 Å². The Bertz CT molecular complexity index is 564. The molecule has 19 heavy (non-hydrogen) atoms. The first-order valence-electron chi connectivity index (χ1n) is 6.68. The van der Waals surface area contributed by atoms with Crippen LogP contribution < -0.4 is 0 Å². The highest BCUT2D eigenvalue weighted by molar-refractivity contribution is 6.33. The summed E-state index contributed by atoms with van der Waals surface area (Å²) in [5.41, 5.74) is 2.76. The predicted molar refractivity (Wildman–Crippen MR) is 76.0 cm³/mol. The lowest BCUT2D eigenvalue weighted by molar-refractivity contribution is 0.285. The fourth-order valence-corrected chi connectivity index (χ4v) is 2.77. The van der Waals surface area contributed by atoms with Gasteiger partial charge in [-0.3, -0.25) is 14.6 Å². The van der Waals surface area contributed by atoms with Crippen LogP contribution in [-0.4, -0.2) is 32.8 Å². The number of rotatable bonds is 2. The number of hydrogen-bond donors (Lipinski definition) is 0. The van der Waals surface area contributed by atoms with Crippen molar-refractivity contribution in [2.24, 2.45) is 0 Å². The quantitative estimate of drug-likeness (QED) is 0.846. The second-order valence-electron chi connectivity index (χ2n) is 4.77. The average Bonchev–Trinajstić information content (AvgIpc) is 2.65. The van der Waals surface area contributed by atoms with E-state index in [2.05, 4.69) is 21.9 Å². The lowest BCUT2D eigenvalue weighted by atomic mass is 10.2. The molecule has 0 N–H and O–H groups in total. The molecule has 0 unspecified atom stereocenters. The fourth-order valence-electron chi connectivity index (χ4n) is 2.48. The monoisotopic (exact) mass is 276 g/mol. The molecule has 0 fully saturated rings. The Hall–Kier alpha value is -1.39. The fraction of sp³-hybridized carbons (Fsp3) is 0.429. The summed E-state index contributed by atoms with van der Waals surface area (Å²) in [6.07, 6.45) is 2.88. The SMILES string of the molecule is CCN1CCCn2nc(-c3ccccn3)c(Cl)c2C1. The average molecular weight is 277 g/mol. The number of aryl methyl sites for hydroxylation is 1. The van der Waals surface area contributed by atoms with Crippen molar-refractivity contribution in [1.29, 1.82) is 0 Å². The maximum atomic E-state index is 6.52. The van der Waals surface area contributed by atoms with Gasteiger partial charge in [-0.05, 0) is 25.1 Å². The number of halogens is 1. The standard InChI is InChI=1S/C14H17ClN4/c1-2-18-8-5-9-19-12(10-18)13(15)14(17-19)11-6-3-4-7-16-11/h3-4,6-7H,2,5,8-10H2,1H3. The van der Waals surface area contributed by atoms with Crippen LogP contribution in [0.5, 0.6) is 0 Å². The molecule has 3 rings (SSSR count). The Morgan fingerprint density at radius 2 is 2.21 bits per heavy atom. The van der Waals surface area contributed by atoms with E-state index in [1.807, 2.05) is 22.9 Å². The lowest BCUT2D eigenvalue weighted by Crippen LogP contribution is -2.22. The molecule has 100 valence electrons. The van der Waals surface area contributed by atoms with E-state index < -0.39 is 0 Å². The molecule has 0 aliphatic carbocycles. The molecule has 1 aliphatic heterocycles. The minimum Gasteiger partial charge on any atom is -0.298 e. The van der Waals surface area contributed by atoms with Crippen LogP contribution in [0.1, 0.15) is 19.0 Å². The second kappa shape index (κ2) is 5.31. The number of pyridine rings is 1. The topological polar surface area (TPSA) is 34.0 Å². The molecule has 0 saturated heterocycles. The van der Waals surface area contributed by atoms with Crippen LogP contribution in [0.15, 0.2) is 24.4 Å². The first kappa shape index (κ1) is 12.6. The zero-order valence-corrected chi connectivity index (χ0v) is 11.8. The van der Waals surface area contributed by atoms with Gasteiger partial charge in [0.25, 0.3) is 0 Å². The predicted octanol–water partition coefficient (Wildman–Crippen LogP) is 2.82. The summed E-state index contributed by atoms with van der Waals surface area (Å²) in [6, 6.07) is 5.81. The van der Waals surface area contributed by atoms with E-state index in [4.69, 9.17) is 11.6 Å². The van der Waals surface area contributed by atoms with Crippen molar-refractivity contribution >= 4 is 11.6 Å². The number of fused-ring (bicyclic) bond motifs is 1. The van der Waals surface area contributed by atoms with Gasteiger partial charge in [-0.2, -0.15) is 5.10 Å². The van der Waals surface area contributed by atoms with E-state index in [-0.39, 0.29) is 0 Å². The van der Waals surface area contributed by atoms with Crippen LogP contribution in [0, 0.1) is 0 Å². The minimum atomic E-state index is 0.749. The molecule has 1 aliphatic rings. The molecular formula is C14H17ClN4. The van der Waals surface area contributed by atoms with Gasteiger partial charge < -0.3 is 0 Å². The largest absolute Gasteiger partial charge is 0.298 e. The van der Waals surface area contributed by atoms with Gasteiger partial charge >= 0.3 is 0 Å². The van der Waals surface area contributed by atoms with Crippen LogP contribution in [0.4, 0.5) is 0 Å². The Morgan fingerprint density at radius 3 is 2.95 bits per heavy atom. The molecule has 0 spiro atoms. The number of aromatic nitrogens is 3. The first-order valence-corrected chi connectivity index (χ1v) is 7.06. The summed E-state index contributed by atoms with van der Waals surface area (Å²) < 4.78 is 2.04. The molecule has 0 bridgehead atoms. The van der Waals surface area contributed by atoms with Crippen molar-refractivity contribution in [3.05, 3.63) is 35.1 Å². The maximum Gasteiger partial charge on any atom is 0.130 e. The van der Waals surface area contributed by atoms with E-state index in [0.717, 1.165) is 54.7 Å². The molecule has 4 nitrogen and oxygen atoms in total. The van der Waals surface area contributed by atoms with Crippen molar-refractivity contribution < 1.29 is 0 Å². The number of hydrogen-bond acceptors (Lipinski definition) is 3. The third-order valence-corrected chi connectivity index (χ3v) is 3.96. The van der Waals surface area contributed by atoms with Gasteiger partial charge in [0.05, 0.1) is 16.4 Å². The third kappa shape index (κ3) is 2.38. The summed E-state index contributed by atoms with van der Waals surface area (Å²) in [5, 5.41) is 5.39. The second-order valence-corrected chi connectivity index (χ2v) is 5.15. The summed E-state index contributed by atoms with van der Waals surface area (Å²) in [6.45, 7) is 6.13. The highest BCUT2D eigenvalue weighted by Crippen LogP contribution is 2.30. The van der Waals surface area contributed by atoms with Gasteiger partial charge in [0.1, 0.15) is 5.69 Å². The van der Waals surface area contributed by atoms with Gasteiger partial charge in [-0.25, -0.2) is 0 Å². The van der Waals surface area contributed by atoms with E-state index in [1.54, 1.807) is 6.20 Å². The van der Waals surface area contributed by atoms with Gasteiger partial charge in [-0.1, -0.05) is 24.6 Å². The number of nitrogens with zero attached hydrogens (tertiary/aromatic N) is 4. The Balaban J connectivity index is 2.02. The minimum absolute atomic E-state index is 0.749. The van der Waals surface area contributed by atoms with Gasteiger partial charge in [-0.15, -0.1) is 0 Å². The summed E-state index contributed by atoms with van der Waals surface area (Å²) >= 11 is 6.52. The molecule has 3 heterocycles. The smallest absolute Gasteiger partial charge is 0.130 e. The van der Waals surface area contributed by atoms with Crippen LogP contribution in [0.25, 0.3) is 11.4 Å². The van der Waals surface area contributed by atoms with Crippen molar-refractivity contribution in [2.45, 2.75) is 26.4 Å². The highest BCUT2D eigenvalue weighted by Gasteiger charge is 2.22. The van der Waals surface area contributed by atoms with Gasteiger partial charge in [0.2, 0.25) is 0 Å². The lowest BCUT2D eigenvalue weighted by Gasteiger charge is -2.16. The highest BCUT2D eigenvalue weighted by atomic mass is 35.5. The Labute approximate surface area is 118 Å². The molecule has 0 aromatic carbocycles. The van der Waals surface area contributed by atoms with Gasteiger partial charge in [0.15, 0.2) is 0 Å². The van der Waals surface area contributed by atoms with Crippen LogP contribution >= 0.6 is 11.6 Å². The molecule has 2 aromatic heterocycles. The van der Waals surface area contributed by atoms with Crippen molar-refractivity contribution in [3.63, 3.8) is 0 Å². The first-order chi connectivity index (χ1) is 9.29. The Morgan fingerprint density at radius 1 is 1.32 bits per heavy atom.